The molecule has 2 amide bonds. The SMILES string of the molecule is C=CCN1C(=O)/C(=C/c2cc([N+](=O)[O-])ccc2[O-])C(=O)NC1=S. The van der Waals surface area contributed by atoms with Gasteiger partial charge in [0.2, 0.25) is 0 Å². The van der Waals surface area contributed by atoms with Crippen molar-refractivity contribution < 1.29 is 19.6 Å². The summed E-state index contributed by atoms with van der Waals surface area (Å²) in [6.45, 7) is 3.56. The molecule has 1 aliphatic rings. The number of rotatable bonds is 4. The molecule has 0 spiro atoms. The van der Waals surface area contributed by atoms with E-state index in [0.29, 0.717) is 0 Å². The van der Waals surface area contributed by atoms with Crippen LogP contribution >= 0.6 is 12.2 Å². The molecule has 9 heteroatoms. The third-order valence-electron chi connectivity index (χ3n) is 3.00. The van der Waals surface area contributed by atoms with Crippen LogP contribution in [0.4, 0.5) is 5.69 Å². The van der Waals surface area contributed by atoms with Gasteiger partial charge in [-0.3, -0.25) is 29.9 Å². The summed E-state index contributed by atoms with van der Waals surface area (Å²) >= 11 is 4.89. The smallest absolute Gasteiger partial charge is 0.269 e. The van der Waals surface area contributed by atoms with Crippen LogP contribution in [-0.4, -0.2) is 33.3 Å². The quantitative estimate of drug-likeness (QED) is 0.214. The number of carbonyl (C=O) groups is 2. The number of nitro groups is 1. The molecule has 1 heterocycles. The van der Waals surface area contributed by atoms with E-state index in [9.17, 15) is 24.8 Å². The van der Waals surface area contributed by atoms with Gasteiger partial charge in [-0.1, -0.05) is 12.1 Å². The standard InChI is InChI=1S/C14H11N3O5S/c1-2-5-16-13(20)10(12(19)15-14(16)23)7-8-6-9(17(21)22)3-4-11(8)18/h2-4,6-7,18H,1,5H2,(H,15,19,23)/p-1/b10-7+. The summed E-state index contributed by atoms with van der Waals surface area (Å²) in [4.78, 5) is 35.4. The van der Waals surface area contributed by atoms with Crippen molar-refractivity contribution >= 4 is 40.9 Å². The number of nitrogens with zero attached hydrogens (tertiary/aromatic N) is 2. The van der Waals surface area contributed by atoms with E-state index >= 15 is 0 Å². The lowest BCUT2D eigenvalue weighted by molar-refractivity contribution is -0.385. The molecular formula is C14H10N3O5S-. The summed E-state index contributed by atoms with van der Waals surface area (Å²) in [6, 6.07) is 3.05. The van der Waals surface area contributed by atoms with Crippen LogP contribution in [0.1, 0.15) is 5.56 Å². The molecule has 0 saturated carbocycles. The highest BCUT2D eigenvalue weighted by Gasteiger charge is 2.32. The van der Waals surface area contributed by atoms with Crippen LogP contribution in [-0.2, 0) is 9.59 Å². The summed E-state index contributed by atoms with van der Waals surface area (Å²) in [5.41, 5.74) is -0.791. The van der Waals surface area contributed by atoms with E-state index in [2.05, 4.69) is 11.9 Å². The maximum atomic E-state index is 12.3. The average Bonchev–Trinajstić information content (AvgIpc) is 2.49. The summed E-state index contributed by atoms with van der Waals surface area (Å²) in [5.74, 6) is -2.03. The van der Waals surface area contributed by atoms with Gasteiger partial charge in [0.05, 0.1) is 4.92 Å². The number of amides is 2. The van der Waals surface area contributed by atoms with Crippen molar-refractivity contribution in [1.82, 2.24) is 10.2 Å². The Morgan fingerprint density at radius 2 is 2.09 bits per heavy atom. The van der Waals surface area contributed by atoms with E-state index in [1.165, 1.54) is 6.08 Å². The number of benzene rings is 1. The molecule has 2 rings (SSSR count). The molecule has 0 aromatic heterocycles. The van der Waals surface area contributed by atoms with Crippen molar-refractivity contribution in [2.24, 2.45) is 0 Å². The minimum Gasteiger partial charge on any atom is -0.872 e. The molecule has 1 fully saturated rings. The van der Waals surface area contributed by atoms with E-state index in [0.717, 1.165) is 29.2 Å². The van der Waals surface area contributed by atoms with Crippen LogP contribution in [0.15, 0.2) is 36.4 Å². The van der Waals surface area contributed by atoms with Crippen LogP contribution in [0.5, 0.6) is 5.75 Å². The van der Waals surface area contributed by atoms with Crippen molar-refractivity contribution in [2.75, 3.05) is 6.54 Å². The van der Waals surface area contributed by atoms with E-state index in [1.807, 2.05) is 0 Å². The van der Waals surface area contributed by atoms with Gasteiger partial charge >= 0.3 is 0 Å². The zero-order valence-electron chi connectivity index (χ0n) is 11.6. The number of nitro benzene ring substituents is 1. The number of hydrogen-bond donors (Lipinski definition) is 1. The van der Waals surface area contributed by atoms with Crippen LogP contribution in [0.25, 0.3) is 6.08 Å². The second kappa shape index (κ2) is 6.36. The third kappa shape index (κ3) is 3.24. The fourth-order valence-corrected chi connectivity index (χ4v) is 2.16. The van der Waals surface area contributed by atoms with Crippen molar-refractivity contribution in [2.45, 2.75) is 0 Å². The van der Waals surface area contributed by atoms with Gasteiger partial charge in [0.15, 0.2) is 5.11 Å². The predicted molar refractivity (Wildman–Crippen MR) is 83.2 cm³/mol. The number of thiocarbonyl (C=S) groups is 1. The molecule has 1 saturated heterocycles. The Kier molecular flexibility index (Phi) is 4.51. The zero-order valence-corrected chi connectivity index (χ0v) is 12.5. The maximum absolute atomic E-state index is 12.3. The zero-order chi connectivity index (χ0) is 17.1. The van der Waals surface area contributed by atoms with E-state index < -0.39 is 22.5 Å². The Labute approximate surface area is 135 Å². The molecule has 1 aromatic carbocycles. The molecule has 1 N–H and O–H groups in total. The Hall–Kier alpha value is -3.07. The summed E-state index contributed by atoms with van der Waals surface area (Å²) in [5, 5.41) is 24.8. The van der Waals surface area contributed by atoms with Gasteiger partial charge in [-0.2, -0.15) is 0 Å². The molecule has 0 aliphatic carbocycles. The molecule has 0 atom stereocenters. The fraction of sp³-hybridized carbons (Fsp3) is 0.0714. The Balaban J connectivity index is 2.48. The van der Waals surface area contributed by atoms with Crippen LogP contribution < -0.4 is 10.4 Å². The van der Waals surface area contributed by atoms with Crippen LogP contribution in [0.2, 0.25) is 0 Å². The van der Waals surface area contributed by atoms with Gasteiger partial charge in [0, 0.05) is 18.7 Å². The maximum Gasteiger partial charge on any atom is 0.269 e. The molecule has 118 valence electrons. The summed E-state index contributed by atoms with van der Waals surface area (Å²) in [7, 11) is 0. The first kappa shape index (κ1) is 16.3. The van der Waals surface area contributed by atoms with Gasteiger partial charge in [-0.25, -0.2) is 0 Å². The highest BCUT2D eigenvalue weighted by molar-refractivity contribution is 7.80. The molecular weight excluding hydrogens is 322 g/mol. The number of non-ortho nitro benzene ring substituents is 1. The molecule has 0 bridgehead atoms. The molecule has 0 radical (unpaired) electrons. The van der Waals surface area contributed by atoms with Gasteiger partial charge in [0.25, 0.3) is 17.5 Å². The number of carbonyl (C=O) groups excluding carboxylic acids is 2. The second-order valence-electron chi connectivity index (χ2n) is 4.50. The number of nitrogens with one attached hydrogen (secondary N) is 1. The van der Waals surface area contributed by atoms with Gasteiger partial charge in [-0.05, 0) is 23.9 Å². The molecule has 23 heavy (non-hydrogen) atoms. The van der Waals surface area contributed by atoms with E-state index in [4.69, 9.17) is 12.2 Å². The Morgan fingerprint density at radius 1 is 1.39 bits per heavy atom. The van der Waals surface area contributed by atoms with Crippen LogP contribution in [0, 0.1) is 10.1 Å². The number of hydrogen-bond acceptors (Lipinski definition) is 6. The van der Waals surface area contributed by atoms with Gasteiger partial charge in [-0.15, -0.1) is 12.3 Å². The summed E-state index contributed by atoms with van der Waals surface area (Å²) in [6.07, 6.45) is 2.44. The lowest BCUT2D eigenvalue weighted by Gasteiger charge is -2.28. The minimum absolute atomic E-state index is 0.0709. The molecule has 1 aliphatic heterocycles. The molecule has 8 nitrogen and oxygen atoms in total. The van der Waals surface area contributed by atoms with Crippen molar-refractivity contribution in [3.8, 4) is 5.75 Å². The first-order valence-corrected chi connectivity index (χ1v) is 6.71. The van der Waals surface area contributed by atoms with E-state index in [-0.39, 0.29) is 28.5 Å². The topological polar surface area (TPSA) is 116 Å². The van der Waals surface area contributed by atoms with Gasteiger partial charge in [0.1, 0.15) is 5.57 Å². The highest BCUT2D eigenvalue weighted by atomic mass is 32.1. The largest absolute Gasteiger partial charge is 0.872 e. The van der Waals surface area contributed by atoms with Crippen molar-refractivity contribution in [3.05, 3.63) is 52.1 Å². The summed E-state index contributed by atoms with van der Waals surface area (Å²) < 4.78 is 0. The first-order valence-electron chi connectivity index (χ1n) is 6.30. The van der Waals surface area contributed by atoms with Crippen LogP contribution in [0.3, 0.4) is 0 Å². The lowest BCUT2D eigenvalue weighted by atomic mass is 10.1. The monoisotopic (exact) mass is 332 g/mol. The van der Waals surface area contributed by atoms with Gasteiger partial charge < -0.3 is 5.11 Å². The second-order valence-corrected chi connectivity index (χ2v) is 4.89. The lowest BCUT2D eigenvalue weighted by Crippen LogP contribution is -2.53. The Morgan fingerprint density at radius 3 is 2.70 bits per heavy atom. The fourth-order valence-electron chi connectivity index (χ4n) is 1.91. The molecule has 0 unspecified atom stereocenters. The predicted octanol–water partition coefficient (Wildman–Crippen LogP) is 0.481. The third-order valence-corrected chi connectivity index (χ3v) is 3.32. The van der Waals surface area contributed by atoms with Crippen molar-refractivity contribution in [1.29, 1.82) is 0 Å². The van der Waals surface area contributed by atoms with E-state index in [1.54, 1.807) is 0 Å². The minimum atomic E-state index is -0.772. The Bertz CT molecular complexity index is 772. The normalized spacial score (nSPS) is 16.4. The highest BCUT2D eigenvalue weighted by Crippen LogP contribution is 2.24. The molecule has 1 aromatic rings. The average molecular weight is 332 g/mol. The first-order chi connectivity index (χ1) is 10.8. The van der Waals surface area contributed by atoms with Crippen molar-refractivity contribution in [3.63, 3.8) is 0 Å².